The number of anilines is 1. The number of ether oxygens (including phenoxy) is 1. The maximum Gasteiger partial charge on any atom is 0.311 e. The van der Waals surface area contributed by atoms with Crippen molar-refractivity contribution in [2.75, 3.05) is 18.1 Å². The van der Waals surface area contributed by atoms with Gasteiger partial charge in [0.25, 0.3) is 0 Å². The van der Waals surface area contributed by atoms with E-state index in [0.29, 0.717) is 0 Å². The molecule has 1 saturated heterocycles. The number of amides is 1. The molecule has 2 aromatic rings. The van der Waals surface area contributed by atoms with E-state index in [1.165, 1.54) is 29.8 Å². The quantitative estimate of drug-likeness (QED) is 0.580. The summed E-state index contributed by atoms with van der Waals surface area (Å²) < 4.78 is 18.0. The van der Waals surface area contributed by atoms with Crippen LogP contribution in [0.1, 0.15) is 29.3 Å². The Labute approximate surface area is 156 Å². The normalized spacial score (nSPS) is 16.4. The highest BCUT2D eigenvalue weighted by atomic mass is 19.1. The van der Waals surface area contributed by atoms with Gasteiger partial charge in [-0.25, -0.2) is 4.39 Å². The molecule has 0 radical (unpaired) electrons. The van der Waals surface area contributed by atoms with E-state index in [2.05, 4.69) is 6.92 Å². The van der Waals surface area contributed by atoms with Crippen LogP contribution in [0, 0.1) is 11.7 Å². The van der Waals surface area contributed by atoms with Crippen molar-refractivity contribution in [3.05, 3.63) is 65.5 Å². The number of carbonyl (C=O) groups excluding carboxylic acids is 3. The zero-order valence-corrected chi connectivity index (χ0v) is 15.0. The molecule has 1 amide bonds. The molecular weight excluding hydrogens is 349 g/mol. The van der Waals surface area contributed by atoms with Crippen LogP contribution < -0.4 is 4.90 Å². The zero-order chi connectivity index (χ0) is 19.4. The molecule has 1 atom stereocenters. The van der Waals surface area contributed by atoms with Crippen molar-refractivity contribution >= 4 is 23.3 Å². The number of hydrogen-bond acceptors (Lipinski definition) is 4. The van der Waals surface area contributed by atoms with Gasteiger partial charge in [0.2, 0.25) is 5.91 Å². The maximum atomic E-state index is 12.9. The van der Waals surface area contributed by atoms with Gasteiger partial charge in [-0.2, -0.15) is 0 Å². The van der Waals surface area contributed by atoms with E-state index in [9.17, 15) is 18.8 Å². The summed E-state index contributed by atoms with van der Waals surface area (Å²) in [5.74, 6) is -2.19. The van der Waals surface area contributed by atoms with Crippen molar-refractivity contribution in [1.82, 2.24) is 0 Å². The summed E-state index contributed by atoms with van der Waals surface area (Å²) >= 11 is 0. The first-order valence-electron chi connectivity index (χ1n) is 8.82. The fourth-order valence-electron chi connectivity index (χ4n) is 3.00. The third-order valence-corrected chi connectivity index (χ3v) is 4.63. The number of hydrogen-bond donors (Lipinski definition) is 0. The summed E-state index contributed by atoms with van der Waals surface area (Å²) in [6, 6.07) is 12.7. The number of nitrogens with zero attached hydrogens (tertiary/aromatic N) is 1. The molecule has 0 N–H and O–H groups in total. The number of carbonyl (C=O) groups is 3. The third kappa shape index (κ3) is 4.39. The number of benzene rings is 2. The third-order valence-electron chi connectivity index (χ3n) is 4.63. The minimum atomic E-state index is -0.607. The lowest BCUT2D eigenvalue weighted by molar-refractivity contribution is -0.147. The Morgan fingerprint density at radius 1 is 1.11 bits per heavy atom. The van der Waals surface area contributed by atoms with E-state index >= 15 is 0 Å². The molecule has 1 aliphatic rings. The topological polar surface area (TPSA) is 63.7 Å². The molecule has 1 fully saturated rings. The van der Waals surface area contributed by atoms with Crippen LogP contribution in [-0.2, 0) is 20.7 Å². The zero-order valence-electron chi connectivity index (χ0n) is 15.0. The smallest absolute Gasteiger partial charge is 0.311 e. The summed E-state index contributed by atoms with van der Waals surface area (Å²) in [6.07, 6.45) is 0.963. The highest BCUT2D eigenvalue weighted by Crippen LogP contribution is 2.26. The van der Waals surface area contributed by atoms with Crippen molar-refractivity contribution in [3.63, 3.8) is 0 Å². The van der Waals surface area contributed by atoms with E-state index < -0.39 is 30.1 Å². The van der Waals surface area contributed by atoms with Gasteiger partial charge in [-0.15, -0.1) is 0 Å². The average molecular weight is 369 g/mol. The largest absolute Gasteiger partial charge is 0.457 e. The number of Topliss-reactive ketones (excluding diaryl/α,β-unsaturated/α-hetero) is 1. The summed E-state index contributed by atoms with van der Waals surface area (Å²) in [6.45, 7) is 1.85. The molecule has 1 heterocycles. The van der Waals surface area contributed by atoms with Crippen LogP contribution in [0.15, 0.2) is 48.5 Å². The Morgan fingerprint density at radius 2 is 1.78 bits per heavy atom. The van der Waals surface area contributed by atoms with Gasteiger partial charge < -0.3 is 9.64 Å². The lowest BCUT2D eigenvalue weighted by atomic mass is 10.1. The Morgan fingerprint density at radius 3 is 2.41 bits per heavy atom. The summed E-state index contributed by atoms with van der Waals surface area (Å²) in [5, 5.41) is 0. The maximum absolute atomic E-state index is 12.9. The van der Waals surface area contributed by atoms with Crippen molar-refractivity contribution in [2.24, 2.45) is 5.92 Å². The van der Waals surface area contributed by atoms with Gasteiger partial charge in [-0.3, -0.25) is 14.4 Å². The molecular formula is C21H20FNO4. The predicted octanol–water partition coefficient (Wildman–Crippen LogP) is 3.17. The molecule has 6 heteroatoms. The first kappa shape index (κ1) is 18.8. The molecule has 1 unspecified atom stereocenters. The highest BCUT2D eigenvalue weighted by Gasteiger charge is 2.36. The van der Waals surface area contributed by atoms with Crippen molar-refractivity contribution in [2.45, 2.75) is 19.8 Å². The fourth-order valence-corrected chi connectivity index (χ4v) is 3.00. The Balaban J connectivity index is 1.56. The molecule has 0 aliphatic carbocycles. The summed E-state index contributed by atoms with van der Waals surface area (Å²) in [5.41, 5.74) is 2.18. The second-order valence-electron chi connectivity index (χ2n) is 6.46. The Bertz CT molecular complexity index is 845. The highest BCUT2D eigenvalue weighted by molar-refractivity contribution is 6.01. The molecule has 0 aromatic heterocycles. The van der Waals surface area contributed by atoms with Crippen molar-refractivity contribution in [3.8, 4) is 0 Å². The first-order chi connectivity index (χ1) is 13.0. The summed E-state index contributed by atoms with van der Waals surface area (Å²) in [7, 11) is 0. The molecule has 5 nitrogen and oxygen atoms in total. The number of rotatable bonds is 6. The minimum Gasteiger partial charge on any atom is -0.457 e. The lowest BCUT2D eigenvalue weighted by Crippen LogP contribution is -2.27. The van der Waals surface area contributed by atoms with Gasteiger partial charge in [-0.05, 0) is 48.4 Å². The second kappa shape index (κ2) is 8.12. The van der Waals surface area contributed by atoms with E-state index in [1.54, 1.807) is 4.90 Å². The number of aryl methyl sites for hydroxylation is 1. The molecule has 3 rings (SSSR count). The van der Waals surface area contributed by atoms with E-state index in [4.69, 9.17) is 4.74 Å². The fraction of sp³-hybridized carbons (Fsp3) is 0.286. The van der Waals surface area contributed by atoms with E-state index in [1.807, 2.05) is 24.3 Å². The van der Waals surface area contributed by atoms with Crippen molar-refractivity contribution in [1.29, 1.82) is 0 Å². The molecule has 1 aliphatic heterocycles. The molecule has 0 spiro atoms. The lowest BCUT2D eigenvalue weighted by Gasteiger charge is -2.17. The van der Waals surface area contributed by atoms with Gasteiger partial charge in [0.1, 0.15) is 5.82 Å². The van der Waals surface area contributed by atoms with Gasteiger partial charge in [0.15, 0.2) is 12.4 Å². The molecule has 2 aromatic carbocycles. The van der Waals surface area contributed by atoms with Crippen LogP contribution in [0.5, 0.6) is 0 Å². The van der Waals surface area contributed by atoms with Crippen LogP contribution in [0.4, 0.5) is 10.1 Å². The Hall–Kier alpha value is -3.02. The number of halogens is 1. The van der Waals surface area contributed by atoms with Gasteiger partial charge in [-0.1, -0.05) is 19.1 Å². The monoisotopic (exact) mass is 369 g/mol. The first-order valence-corrected chi connectivity index (χ1v) is 8.82. The number of ketones is 1. The Kier molecular flexibility index (Phi) is 5.64. The van der Waals surface area contributed by atoms with E-state index in [0.717, 1.165) is 12.1 Å². The van der Waals surface area contributed by atoms with Gasteiger partial charge in [0, 0.05) is 24.2 Å². The predicted molar refractivity (Wildman–Crippen MR) is 98.0 cm³/mol. The second-order valence-corrected chi connectivity index (χ2v) is 6.46. The van der Waals surface area contributed by atoms with Crippen LogP contribution in [-0.4, -0.2) is 30.8 Å². The molecule has 140 valence electrons. The molecule has 27 heavy (non-hydrogen) atoms. The molecule has 0 bridgehead atoms. The van der Waals surface area contributed by atoms with Crippen LogP contribution in [0.2, 0.25) is 0 Å². The minimum absolute atomic E-state index is 0.0547. The van der Waals surface area contributed by atoms with Crippen LogP contribution in [0.25, 0.3) is 0 Å². The number of esters is 1. The standard InChI is InChI=1S/C21H20FNO4/c1-2-14-3-9-18(10-4-14)23-12-16(11-20(23)25)21(26)27-13-19(24)15-5-7-17(22)8-6-15/h3-10,16H,2,11-13H2,1H3. The van der Waals surface area contributed by atoms with Crippen LogP contribution >= 0.6 is 0 Å². The average Bonchev–Trinajstić information content (AvgIpc) is 3.08. The van der Waals surface area contributed by atoms with Crippen molar-refractivity contribution < 1.29 is 23.5 Å². The van der Waals surface area contributed by atoms with Gasteiger partial charge >= 0.3 is 5.97 Å². The summed E-state index contributed by atoms with van der Waals surface area (Å²) in [4.78, 5) is 38.1. The van der Waals surface area contributed by atoms with Gasteiger partial charge in [0.05, 0.1) is 5.92 Å². The molecule has 0 saturated carbocycles. The van der Waals surface area contributed by atoms with E-state index in [-0.39, 0.29) is 24.4 Å². The SMILES string of the molecule is CCc1ccc(N2CC(C(=O)OCC(=O)c3ccc(F)cc3)CC2=O)cc1. The van der Waals surface area contributed by atoms with Crippen LogP contribution in [0.3, 0.4) is 0 Å².